The monoisotopic (exact) mass is 391 g/mol. The Bertz CT molecular complexity index is 938. The molecule has 0 unspecified atom stereocenters. The van der Waals surface area contributed by atoms with E-state index >= 15 is 0 Å². The number of para-hydroxylation sites is 1. The van der Waals surface area contributed by atoms with Crippen LogP contribution >= 0.6 is 0 Å². The molecule has 0 radical (unpaired) electrons. The molecule has 2 aromatic carbocycles. The topological polar surface area (TPSA) is 39.6 Å². The summed E-state index contributed by atoms with van der Waals surface area (Å²) in [5.41, 5.74) is 4.13. The molecule has 1 aromatic heterocycles. The smallest absolute Gasteiger partial charge is 0.146 e. The Morgan fingerprint density at radius 3 is 2.41 bits per heavy atom. The fraction of sp³-hybridized carbons (Fsp3) is 0.292. The van der Waals surface area contributed by atoms with E-state index in [1.807, 2.05) is 11.0 Å². The molecular weight excluding hydrogens is 365 g/mol. The van der Waals surface area contributed by atoms with Gasteiger partial charge in [-0.1, -0.05) is 48.0 Å². The summed E-state index contributed by atoms with van der Waals surface area (Å²) in [7, 11) is 0. The number of aliphatic hydroxyl groups excluding tert-OH is 1. The van der Waals surface area contributed by atoms with Crippen LogP contribution in [0.4, 0.5) is 10.1 Å². The summed E-state index contributed by atoms with van der Waals surface area (Å²) in [5.74, 6) is -0.301. The van der Waals surface area contributed by atoms with Crippen LogP contribution in [0.25, 0.3) is 0 Å². The molecule has 0 aliphatic carbocycles. The van der Waals surface area contributed by atoms with E-state index in [-0.39, 0.29) is 5.82 Å². The molecule has 4 nitrogen and oxygen atoms in total. The molecule has 0 spiro atoms. The number of aromatic nitrogens is 1. The van der Waals surface area contributed by atoms with Crippen molar-refractivity contribution in [1.82, 2.24) is 9.88 Å². The van der Waals surface area contributed by atoms with Gasteiger partial charge in [0.1, 0.15) is 11.9 Å². The van der Waals surface area contributed by atoms with E-state index < -0.39 is 6.10 Å². The van der Waals surface area contributed by atoms with Crippen molar-refractivity contribution in [2.45, 2.75) is 19.6 Å². The van der Waals surface area contributed by atoms with Crippen LogP contribution in [0.3, 0.4) is 0 Å². The van der Waals surface area contributed by atoms with E-state index in [0.29, 0.717) is 30.0 Å². The highest BCUT2D eigenvalue weighted by molar-refractivity contribution is 5.57. The molecule has 1 atom stereocenters. The van der Waals surface area contributed by atoms with E-state index in [0.717, 1.165) is 19.6 Å². The highest BCUT2D eigenvalue weighted by Crippen LogP contribution is 2.33. The first-order chi connectivity index (χ1) is 14.1. The van der Waals surface area contributed by atoms with Crippen molar-refractivity contribution in [2.24, 2.45) is 0 Å². The van der Waals surface area contributed by atoms with Gasteiger partial charge in [-0.25, -0.2) is 4.39 Å². The van der Waals surface area contributed by atoms with Crippen molar-refractivity contribution in [3.63, 3.8) is 0 Å². The van der Waals surface area contributed by atoms with Crippen molar-refractivity contribution in [3.05, 3.63) is 95.1 Å². The van der Waals surface area contributed by atoms with Gasteiger partial charge in [0.15, 0.2) is 0 Å². The molecule has 0 amide bonds. The summed E-state index contributed by atoms with van der Waals surface area (Å²) < 4.78 is 14.8. The Morgan fingerprint density at radius 2 is 1.72 bits per heavy atom. The first-order valence-electron chi connectivity index (χ1n) is 10.0. The minimum Gasteiger partial charge on any atom is -0.382 e. The number of aliphatic hydroxyl groups is 1. The molecule has 0 saturated carbocycles. The van der Waals surface area contributed by atoms with E-state index in [1.165, 1.54) is 17.2 Å². The van der Waals surface area contributed by atoms with Crippen LogP contribution in [-0.4, -0.2) is 41.2 Å². The number of nitrogens with zero attached hydrogens (tertiary/aromatic N) is 3. The van der Waals surface area contributed by atoms with Gasteiger partial charge in [-0.3, -0.25) is 9.88 Å². The predicted molar refractivity (Wildman–Crippen MR) is 113 cm³/mol. The van der Waals surface area contributed by atoms with Gasteiger partial charge in [0.2, 0.25) is 0 Å². The molecule has 2 heterocycles. The zero-order chi connectivity index (χ0) is 20.2. The maximum absolute atomic E-state index is 14.8. The summed E-state index contributed by atoms with van der Waals surface area (Å²) >= 11 is 0. The van der Waals surface area contributed by atoms with E-state index in [4.69, 9.17) is 0 Å². The third-order valence-corrected chi connectivity index (χ3v) is 5.50. The molecule has 1 aliphatic rings. The van der Waals surface area contributed by atoms with Crippen molar-refractivity contribution >= 4 is 5.69 Å². The number of hydrogen-bond acceptors (Lipinski definition) is 4. The highest BCUT2D eigenvalue weighted by Gasteiger charge is 2.25. The Kier molecular flexibility index (Phi) is 5.88. The van der Waals surface area contributed by atoms with E-state index in [9.17, 15) is 9.50 Å². The number of anilines is 1. The van der Waals surface area contributed by atoms with Crippen LogP contribution in [0.2, 0.25) is 0 Å². The third-order valence-electron chi connectivity index (χ3n) is 5.50. The zero-order valence-corrected chi connectivity index (χ0v) is 16.6. The van der Waals surface area contributed by atoms with Gasteiger partial charge < -0.3 is 10.0 Å². The van der Waals surface area contributed by atoms with Crippen LogP contribution in [-0.2, 0) is 6.54 Å². The van der Waals surface area contributed by atoms with Crippen molar-refractivity contribution in [1.29, 1.82) is 0 Å². The molecule has 150 valence electrons. The average Bonchev–Trinajstić information content (AvgIpc) is 2.76. The fourth-order valence-corrected chi connectivity index (χ4v) is 3.86. The lowest BCUT2D eigenvalue weighted by molar-refractivity contribution is 0.213. The Hall–Kier alpha value is -2.76. The molecule has 3 aromatic rings. The van der Waals surface area contributed by atoms with Gasteiger partial charge in [0, 0.05) is 44.5 Å². The van der Waals surface area contributed by atoms with Crippen LogP contribution in [0.15, 0.2) is 66.9 Å². The summed E-state index contributed by atoms with van der Waals surface area (Å²) in [6.45, 7) is 6.12. The number of pyridine rings is 1. The van der Waals surface area contributed by atoms with Crippen molar-refractivity contribution < 1.29 is 9.50 Å². The number of benzene rings is 2. The highest BCUT2D eigenvalue weighted by atomic mass is 19.1. The quantitative estimate of drug-likeness (QED) is 0.715. The molecule has 1 aliphatic heterocycles. The Balaban J connectivity index is 1.49. The zero-order valence-electron chi connectivity index (χ0n) is 16.6. The van der Waals surface area contributed by atoms with Gasteiger partial charge in [-0.15, -0.1) is 0 Å². The number of hydrogen-bond donors (Lipinski definition) is 1. The van der Waals surface area contributed by atoms with Crippen molar-refractivity contribution in [3.8, 4) is 0 Å². The third kappa shape index (κ3) is 4.47. The molecule has 4 rings (SSSR count). The Morgan fingerprint density at radius 1 is 0.966 bits per heavy atom. The largest absolute Gasteiger partial charge is 0.382 e. The normalized spacial score (nSPS) is 16.0. The van der Waals surface area contributed by atoms with Crippen LogP contribution in [0.5, 0.6) is 0 Å². The first-order valence-corrected chi connectivity index (χ1v) is 10.0. The molecule has 1 N–H and O–H groups in total. The number of piperazine rings is 1. The van der Waals surface area contributed by atoms with Gasteiger partial charge in [0.25, 0.3) is 0 Å². The summed E-state index contributed by atoms with van der Waals surface area (Å²) in [5, 5.41) is 10.8. The fourth-order valence-electron chi connectivity index (χ4n) is 3.86. The van der Waals surface area contributed by atoms with Gasteiger partial charge in [0.05, 0.1) is 11.4 Å². The van der Waals surface area contributed by atoms with Crippen LogP contribution < -0.4 is 4.90 Å². The Labute approximate surface area is 171 Å². The first kappa shape index (κ1) is 19.6. The SMILES string of the molecule is Cc1ccc(CN2CCN(c3c(F)cccc3[C@H](O)c3ccccn3)CC2)cc1. The lowest BCUT2D eigenvalue weighted by atomic mass is 10.0. The van der Waals surface area contributed by atoms with Crippen LogP contribution in [0.1, 0.15) is 28.5 Å². The standard InChI is InChI=1S/C24H26FN3O/c1-18-8-10-19(11-9-18)17-27-13-15-28(16-14-27)23-20(5-4-6-21(23)25)24(29)22-7-2-3-12-26-22/h2-12,24,29H,13-17H2,1H3/t24-/m0/s1. The molecule has 0 bridgehead atoms. The summed E-state index contributed by atoms with van der Waals surface area (Å²) in [6, 6.07) is 18.9. The lowest BCUT2D eigenvalue weighted by Gasteiger charge is -2.37. The minimum absolute atomic E-state index is 0.301. The molecule has 1 fully saturated rings. The van der Waals surface area contributed by atoms with Gasteiger partial charge in [-0.05, 0) is 30.7 Å². The second-order valence-electron chi connectivity index (χ2n) is 7.58. The molecule has 1 saturated heterocycles. The van der Waals surface area contributed by atoms with Gasteiger partial charge >= 0.3 is 0 Å². The average molecular weight is 391 g/mol. The number of aryl methyl sites for hydroxylation is 1. The van der Waals surface area contributed by atoms with E-state index in [1.54, 1.807) is 30.5 Å². The molecule has 29 heavy (non-hydrogen) atoms. The second-order valence-corrected chi connectivity index (χ2v) is 7.58. The number of halogens is 1. The van der Waals surface area contributed by atoms with Crippen molar-refractivity contribution in [2.75, 3.05) is 31.1 Å². The van der Waals surface area contributed by atoms with Gasteiger partial charge in [-0.2, -0.15) is 0 Å². The lowest BCUT2D eigenvalue weighted by Crippen LogP contribution is -2.46. The minimum atomic E-state index is -0.951. The number of rotatable bonds is 5. The molecular formula is C24H26FN3O. The van der Waals surface area contributed by atoms with Crippen LogP contribution in [0, 0.1) is 12.7 Å². The predicted octanol–water partition coefficient (Wildman–Crippen LogP) is 3.93. The maximum Gasteiger partial charge on any atom is 0.146 e. The molecule has 5 heteroatoms. The maximum atomic E-state index is 14.8. The summed E-state index contributed by atoms with van der Waals surface area (Å²) in [4.78, 5) is 8.67. The summed E-state index contributed by atoms with van der Waals surface area (Å²) in [6.07, 6.45) is 0.689. The van der Waals surface area contributed by atoms with E-state index in [2.05, 4.69) is 41.1 Å². The second kappa shape index (κ2) is 8.72.